The Hall–Kier alpha value is -2.61. The molecular weight excluding hydrogens is 388 g/mol. The molecule has 0 spiro atoms. The number of hydrogen-bond acceptors (Lipinski definition) is 6. The molecule has 2 atom stereocenters. The van der Waals surface area contributed by atoms with Crippen LogP contribution in [0.25, 0.3) is 0 Å². The molecule has 1 aromatic carbocycles. The smallest absolute Gasteiger partial charge is 0.323 e. The van der Waals surface area contributed by atoms with Gasteiger partial charge in [0.2, 0.25) is 5.91 Å². The van der Waals surface area contributed by atoms with Crippen molar-refractivity contribution in [1.82, 2.24) is 5.32 Å². The number of anilines is 1. The van der Waals surface area contributed by atoms with Gasteiger partial charge in [-0.15, -0.1) is 0 Å². The van der Waals surface area contributed by atoms with Crippen LogP contribution >= 0.6 is 0 Å². The fraction of sp³-hybridized carbons (Fsp3) is 0.591. The number of hydrogen-bond donors (Lipinski definition) is 2. The normalized spacial score (nSPS) is 17.1. The lowest BCUT2D eigenvalue weighted by Gasteiger charge is -2.26. The van der Waals surface area contributed by atoms with Gasteiger partial charge in [0, 0.05) is 0 Å². The molecule has 30 heavy (non-hydrogen) atoms. The number of carboxylic acid groups (broad SMARTS) is 1. The summed E-state index contributed by atoms with van der Waals surface area (Å²) in [4.78, 5) is 38.3. The van der Waals surface area contributed by atoms with Gasteiger partial charge in [-0.2, -0.15) is 0 Å². The van der Waals surface area contributed by atoms with Gasteiger partial charge in [0.05, 0.1) is 12.3 Å². The number of carboxylic acids is 1. The van der Waals surface area contributed by atoms with E-state index >= 15 is 0 Å². The summed E-state index contributed by atoms with van der Waals surface area (Å²) < 4.78 is 11.0. The standard InChI is InChI=1S/C22H32N2O6/c1-4-15(5-2)11-12-16(22(28)29-6-3)23-17-14-30-19-10-8-7-9-18(19)24(21(17)27)13-20(25)26/h7-10,15-17,23H,4-6,11-14H2,1-3H3,(H,25,26)/t16-,17?/m0/s1. The molecule has 8 nitrogen and oxygen atoms in total. The number of benzene rings is 1. The Labute approximate surface area is 177 Å². The number of carbonyl (C=O) groups excluding carboxylic acids is 2. The van der Waals surface area contributed by atoms with E-state index in [-0.39, 0.29) is 13.2 Å². The first-order valence-corrected chi connectivity index (χ1v) is 10.6. The van der Waals surface area contributed by atoms with E-state index in [4.69, 9.17) is 9.47 Å². The highest BCUT2D eigenvalue weighted by molar-refractivity contribution is 6.02. The lowest BCUT2D eigenvalue weighted by Crippen LogP contribution is -2.54. The molecule has 0 radical (unpaired) electrons. The molecule has 8 heteroatoms. The summed E-state index contributed by atoms with van der Waals surface area (Å²) in [5.74, 6) is -1.07. The van der Waals surface area contributed by atoms with Crippen LogP contribution in [0.3, 0.4) is 0 Å². The van der Waals surface area contributed by atoms with Crippen molar-refractivity contribution in [1.29, 1.82) is 0 Å². The summed E-state index contributed by atoms with van der Waals surface area (Å²) in [6, 6.07) is 5.27. The SMILES string of the molecule is CCOC(=O)[C@H](CCC(CC)CC)NC1COc2ccccc2N(CC(=O)O)C1=O. The highest BCUT2D eigenvalue weighted by Gasteiger charge is 2.35. The highest BCUT2D eigenvalue weighted by Crippen LogP contribution is 2.31. The van der Waals surface area contributed by atoms with Gasteiger partial charge in [0.1, 0.15) is 31.0 Å². The van der Waals surface area contributed by atoms with E-state index in [1.807, 2.05) is 0 Å². The molecule has 1 heterocycles. The van der Waals surface area contributed by atoms with E-state index in [0.717, 1.165) is 19.3 Å². The summed E-state index contributed by atoms with van der Waals surface area (Å²) in [5, 5.41) is 12.4. The minimum atomic E-state index is -1.13. The third-order valence-corrected chi connectivity index (χ3v) is 5.41. The van der Waals surface area contributed by atoms with Crippen molar-refractivity contribution in [3.8, 4) is 5.75 Å². The van der Waals surface area contributed by atoms with E-state index < -0.39 is 36.5 Å². The summed E-state index contributed by atoms with van der Waals surface area (Å²) in [7, 11) is 0. The van der Waals surface area contributed by atoms with Crippen molar-refractivity contribution in [2.24, 2.45) is 5.92 Å². The molecule has 1 unspecified atom stereocenters. The Kier molecular flexibility index (Phi) is 9.11. The van der Waals surface area contributed by atoms with Gasteiger partial charge >= 0.3 is 11.9 Å². The minimum absolute atomic E-state index is 0.00709. The molecule has 1 aliphatic rings. The topological polar surface area (TPSA) is 105 Å². The molecule has 1 amide bonds. The van der Waals surface area contributed by atoms with Crippen LogP contribution in [0.15, 0.2) is 24.3 Å². The third kappa shape index (κ3) is 6.19. The quantitative estimate of drug-likeness (QED) is 0.530. The second-order valence-corrected chi connectivity index (χ2v) is 7.38. The summed E-state index contributed by atoms with van der Waals surface area (Å²) in [5.41, 5.74) is 0.402. The van der Waals surface area contributed by atoms with Crippen molar-refractivity contribution in [2.75, 3.05) is 24.7 Å². The Balaban J connectivity index is 2.22. The van der Waals surface area contributed by atoms with Crippen molar-refractivity contribution in [2.45, 2.75) is 58.5 Å². The van der Waals surface area contributed by atoms with Crippen LogP contribution in [-0.2, 0) is 19.1 Å². The fourth-order valence-electron chi connectivity index (χ4n) is 3.63. The monoisotopic (exact) mass is 420 g/mol. The van der Waals surface area contributed by atoms with Gasteiger partial charge < -0.3 is 14.6 Å². The number of carbonyl (C=O) groups is 3. The number of fused-ring (bicyclic) bond motifs is 1. The number of amides is 1. The molecule has 166 valence electrons. The number of para-hydroxylation sites is 2. The van der Waals surface area contributed by atoms with Crippen LogP contribution in [0.2, 0.25) is 0 Å². The zero-order valence-electron chi connectivity index (χ0n) is 17.9. The number of ether oxygens (including phenoxy) is 2. The number of nitrogens with one attached hydrogen (secondary N) is 1. The van der Waals surface area contributed by atoms with Crippen molar-refractivity contribution < 1.29 is 29.0 Å². The van der Waals surface area contributed by atoms with Crippen LogP contribution < -0.4 is 15.0 Å². The molecule has 0 saturated carbocycles. The first-order valence-electron chi connectivity index (χ1n) is 10.6. The Bertz CT molecular complexity index is 734. The lowest BCUT2D eigenvalue weighted by atomic mass is 9.95. The van der Waals surface area contributed by atoms with Crippen molar-refractivity contribution in [3.05, 3.63) is 24.3 Å². The molecule has 1 aliphatic heterocycles. The Morgan fingerprint density at radius 2 is 1.93 bits per heavy atom. The van der Waals surface area contributed by atoms with Crippen molar-refractivity contribution in [3.63, 3.8) is 0 Å². The average molecular weight is 421 g/mol. The maximum Gasteiger partial charge on any atom is 0.323 e. The molecule has 0 saturated heterocycles. The van der Waals surface area contributed by atoms with Gasteiger partial charge in [-0.1, -0.05) is 38.8 Å². The zero-order chi connectivity index (χ0) is 22.1. The lowest BCUT2D eigenvalue weighted by molar-refractivity contribution is -0.146. The van der Waals surface area contributed by atoms with Gasteiger partial charge in [-0.05, 0) is 37.8 Å². The number of esters is 1. The molecular formula is C22H32N2O6. The summed E-state index contributed by atoms with van der Waals surface area (Å²) in [6.07, 6.45) is 3.38. The molecule has 0 aromatic heterocycles. The predicted molar refractivity (Wildman–Crippen MR) is 113 cm³/mol. The number of aliphatic carboxylic acids is 1. The number of nitrogens with zero attached hydrogens (tertiary/aromatic N) is 1. The van der Waals surface area contributed by atoms with Gasteiger partial charge in [0.25, 0.3) is 0 Å². The van der Waals surface area contributed by atoms with E-state index in [1.54, 1.807) is 31.2 Å². The second kappa shape index (κ2) is 11.5. The Morgan fingerprint density at radius 3 is 2.57 bits per heavy atom. The maximum absolute atomic E-state index is 13.2. The van der Waals surface area contributed by atoms with E-state index in [9.17, 15) is 19.5 Å². The van der Waals surface area contributed by atoms with Crippen LogP contribution in [0, 0.1) is 5.92 Å². The van der Waals surface area contributed by atoms with Crippen molar-refractivity contribution >= 4 is 23.5 Å². The predicted octanol–water partition coefficient (Wildman–Crippen LogP) is 2.60. The molecule has 2 rings (SSSR count). The molecule has 0 fully saturated rings. The first-order chi connectivity index (χ1) is 14.4. The zero-order valence-corrected chi connectivity index (χ0v) is 17.9. The van der Waals surface area contributed by atoms with E-state index in [2.05, 4.69) is 19.2 Å². The Morgan fingerprint density at radius 1 is 1.23 bits per heavy atom. The van der Waals surface area contributed by atoms with Gasteiger partial charge in [0.15, 0.2) is 0 Å². The first kappa shape index (κ1) is 23.7. The maximum atomic E-state index is 13.2. The average Bonchev–Trinajstić information content (AvgIpc) is 2.85. The molecule has 1 aromatic rings. The van der Waals surface area contributed by atoms with Crippen LogP contribution in [0.4, 0.5) is 5.69 Å². The second-order valence-electron chi connectivity index (χ2n) is 7.38. The van der Waals surface area contributed by atoms with Crippen LogP contribution in [0.5, 0.6) is 5.75 Å². The third-order valence-electron chi connectivity index (χ3n) is 5.41. The van der Waals surface area contributed by atoms with Gasteiger partial charge in [-0.3, -0.25) is 24.6 Å². The van der Waals surface area contributed by atoms with Crippen LogP contribution in [0.1, 0.15) is 46.5 Å². The highest BCUT2D eigenvalue weighted by atomic mass is 16.5. The largest absolute Gasteiger partial charge is 0.489 e. The van der Waals surface area contributed by atoms with E-state index in [1.165, 1.54) is 4.90 Å². The summed E-state index contributed by atoms with van der Waals surface area (Å²) in [6.45, 7) is 5.71. The number of rotatable bonds is 11. The summed E-state index contributed by atoms with van der Waals surface area (Å²) >= 11 is 0. The van der Waals surface area contributed by atoms with Gasteiger partial charge in [-0.25, -0.2) is 0 Å². The molecule has 0 aliphatic carbocycles. The minimum Gasteiger partial charge on any atom is -0.489 e. The van der Waals surface area contributed by atoms with Crippen LogP contribution in [-0.4, -0.2) is 54.8 Å². The molecule has 0 bridgehead atoms. The molecule has 2 N–H and O–H groups in total. The fourth-order valence-corrected chi connectivity index (χ4v) is 3.63. The van der Waals surface area contributed by atoms with E-state index in [0.29, 0.717) is 23.8 Å².